The molecule has 1 aromatic heterocycles. The van der Waals surface area contributed by atoms with E-state index in [2.05, 4.69) is 9.68 Å². The Balaban J connectivity index is 3.04. The molecule has 0 saturated carbocycles. The van der Waals surface area contributed by atoms with Crippen molar-refractivity contribution in [2.45, 2.75) is 13.3 Å². The minimum Gasteiger partial charge on any atom is -0.393 e. The van der Waals surface area contributed by atoms with E-state index in [1.165, 1.54) is 0 Å². The van der Waals surface area contributed by atoms with Gasteiger partial charge in [0.2, 0.25) is 5.88 Å². The van der Waals surface area contributed by atoms with Gasteiger partial charge in [0, 0.05) is 0 Å². The zero-order valence-corrected chi connectivity index (χ0v) is 5.22. The first kappa shape index (κ1) is 5.94. The summed E-state index contributed by atoms with van der Waals surface area (Å²) in [6, 6.07) is 0. The zero-order valence-electron chi connectivity index (χ0n) is 5.22. The van der Waals surface area contributed by atoms with Crippen LogP contribution in [0, 0.1) is 0 Å². The second kappa shape index (κ2) is 1.97. The van der Waals surface area contributed by atoms with Crippen LogP contribution in [0.2, 0.25) is 0 Å². The van der Waals surface area contributed by atoms with Crippen molar-refractivity contribution in [3.05, 3.63) is 5.69 Å². The predicted octanol–water partition coefficient (Wildman–Crippen LogP) is 0.401. The molecule has 0 spiro atoms. The standard InChI is InChI=1S/C5H9N3O/c1-2-3-4(6)5(7)9-8-3/h2,6-7H2,1H3. The molecule has 0 amide bonds. The number of aromatic nitrogens is 1. The van der Waals surface area contributed by atoms with Crippen LogP contribution in [0.3, 0.4) is 0 Å². The average molecular weight is 127 g/mol. The SMILES string of the molecule is CCc1noc(N)c1N. The molecule has 4 N–H and O–H groups in total. The minimum atomic E-state index is 0.215. The third kappa shape index (κ3) is 0.826. The van der Waals surface area contributed by atoms with Gasteiger partial charge in [-0.15, -0.1) is 0 Å². The average Bonchev–Trinajstić information content (AvgIpc) is 2.15. The number of nitrogens with two attached hydrogens (primary N) is 2. The van der Waals surface area contributed by atoms with Gasteiger partial charge in [-0.3, -0.25) is 0 Å². The molecule has 0 unspecified atom stereocenters. The van der Waals surface area contributed by atoms with Crippen molar-refractivity contribution in [3.63, 3.8) is 0 Å². The first-order chi connectivity index (χ1) is 4.25. The van der Waals surface area contributed by atoms with E-state index in [-0.39, 0.29) is 5.88 Å². The molecule has 0 aliphatic carbocycles. The third-order valence-electron chi connectivity index (χ3n) is 1.17. The van der Waals surface area contributed by atoms with Crippen LogP contribution in [0.4, 0.5) is 11.6 Å². The number of nitrogen functional groups attached to an aromatic ring is 2. The van der Waals surface area contributed by atoms with Crippen molar-refractivity contribution < 1.29 is 4.52 Å². The highest BCUT2D eigenvalue weighted by Crippen LogP contribution is 2.18. The summed E-state index contributed by atoms with van der Waals surface area (Å²) in [5.41, 5.74) is 11.9. The van der Waals surface area contributed by atoms with Gasteiger partial charge in [-0.1, -0.05) is 12.1 Å². The highest BCUT2D eigenvalue weighted by Gasteiger charge is 2.05. The second-order valence-corrected chi connectivity index (χ2v) is 1.76. The van der Waals surface area contributed by atoms with Crippen LogP contribution in [-0.4, -0.2) is 5.16 Å². The van der Waals surface area contributed by atoms with Crippen LogP contribution >= 0.6 is 0 Å². The van der Waals surface area contributed by atoms with Gasteiger partial charge in [0.1, 0.15) is 11.4 Å². The Kier molecular flexibility index (Phi) is 1.30. The monoisotopic (exact) mass is 127 g/mol. The van der Waals surface area contributed by atoms with Crippen LogP contribution in [-0.2, 0) is 6.42 Å². The van der Waals surface area contributed by atoms with Crippen molar-refractivity contribution in [2.75, 3.05) is 11.5 Å². The summed E-state index contributed by atoms with van der Waals surface area (Å²) in [6.45, 7) is 1.94. The van der Waals surface area contributed by atoms with Crippen LogP contribution in [0.15, 0.2) is 4.52 Å². The smallest absolute Gasteiger partial charge is 0.245 e. The van der Waals surface area contributed by atoms with E-state index in [9.17, 15) is 0 Å². The summed E-state index contributed by atoms with van der Waals surface area (Å²) in [6.07, 6.45) is 0.756. The van der Waals surface area contributed by atoms with E-state index in [0.717, 1.165) is 12.1 Å². The van der Waals surface area contributed by atoms with Crippen LogP contribution < -0.4 is 11.5 Å². The van der Waals surface area contributed by atoms with Gasteiger partial charge in [0.05, 0.1) is 0 Å². The van der Waals surface area contributed by atoms with E-state index in [4.69, 9.17) is 11.5 Å². The molecule has 9 heavy (non-hydrogen) atoms. The van der Waals surface area contributed by atoms with Crippen LogP contribution in [0.5, 0.6) is 0 Å². The molecule has 1 rings (SSSR count). The molecular formula is C5H9N3O. The Labute approximate surface area is 52.8 Å². The second-order valence-electron chi connectivity index (χ2n) is 1.76. The number of hydrogen-bond donors (Lipinski definition) is 2. The lowest BCUT2D eigenvalue weighted by molar-refractivity contribution is 0.428. The van der Waals surface area contributed by atoms with Gasteiger partial charge < -0.3 is 16.0 Å². The van der Waals surface area contributed by atoms with E-state index in [0.29, 0.717) is 5.69 Å². The maximum Gasteiger partial charge on any atom is 0.245 e. The van der Waals surface area contributed by atoms with E-state index >= 15 is 0 Å². The molecule has 4 nitrogen and oxygen atoms in total. The molecular weight excluding hydrogens is 118 g/mol. The Hall–Kier alpha value is -1.19. The molecule has 0 fully saturated rings. The first-order valence-electron chi connectivity index (χ1n) is 2.75. The number of anilines is 2. The van der Waals surface area contributed by atoms with Crippen molar-refractivity contribution in [1.82, 2.24) is 5.16 Å². The minimum absolute atomic E-state index is 0.215. The maximum atomic E-state index is 5.43. The normalized spacial score (nSPS) is 9.89. The Morgan fingerprint density at radius 3 is 2.44 bits per heavy atom. The van der Waals surface area contributed by atoms with Crippen molar-refractivity contribution >= 4 is 11.6 Å². The topological polar surface area (TPSA) is 78.1 Å². The van der Waals surface area contributed by atoms with Gasteiger partial charge in [0.15, 0.2) is 0 Å². The molecule has 0 aliphatic rings. The largest absolute Gasteiger partial charge is 0.393 e. The van der Waals surface area contributed by atoms with E-state index < -0.39 is 0 Å². The molecule has 1 aromatic rings. The molecule has 4 heteroatoms. The number of hydrogen-bond acceptors (Lipinski definition) is 4. The molecule has 1 heterocycles. The Bertz CT molecular complexity index is 206. The zero-order chi connectivity index (χ0) is 6.85. The predicted molar refractivity (Wildman–Crippen MR) is 34.7 cm³/mol. The van der Waals surface area contributed by atoms with Gasteiger partial charge in [-0.2, -0.15) is 0 Å². The molecule has 50 valence electrons. The van der Waals surface area contributed by atoms with E-state index in [1.54, 1.807) is 0 Å². The first-order valence-corrected chi connectivity index (χ1v) is 2.75. The number of aryl methyl sites for hydroxylation is 1. The summed E-state index contributed by atoms with van der Waals surface area (Å²) in [7, 11) is 0. The molecule has 0 radical (unpaired) electrons. The summed E-state index contributed by atoms with van der Waals surface area (Å²) in [5.74, 6) is 0.215. The highest BCUT2D eigenvalue weighted by molar-refractivity contribution is 5.58. The quantitative estimate of drug-likeness (QED) is 0.572. The fourth-order valence-corrected chi connectivity index (χ4v) is 0.600. The number of rotatable bonds is 1. The van der Waals surface area contributed by atoms with Crippen LogP contribution in [0.25, 0.3) is 0 Å². The molecule has 0 atom stereocenters. The maximum absolute atomic E-state index is 5.43. The lowest BCUT2D eigenvalue weighted by Gasteiger charge is -1.86. The fourth-order valence-electron chi connectivity index (χ4n) is 0.600. The molecule has 0 bridgehead atoms. The highest BCUT2D eigenvalue weighted by atomic mass is 16.5. The van der Waals surface area contributed by atoms with Gasteiger partial charge in [-0.05, 0) is 6.42 Å². The number of nitrogens with zero attached hydrogens (tertiary/aromatic N) is 1. The van der Waals surface area contributed by atoms with Gasteiger partial charge >= 0.3 is 0 Å². The lowest BCUT2D eigenvalue weighted by atomic mass is 10.3. The Morgan fingerprint density at radius 2 is 2.22 bits per heavy atom. The third-order valence-corrected chi connectivity index (χ3v) is 1.17. The van der Waals surface area contributed by atoms with Crippen molar-refractivity contribution in [1.29, 1.82) is 0 Å². The molecule has 0 aliphatic heterocycles. The molecule has 0 saturated heterocycles. The molecule has 0 aromatic carbocycles. The van der Waals surface area contributed by atoms with Crippen molar-refractivity contribution in [3.8, 4) is 0 Å². The van der Waals surface area contributed by atoms with Crippen molar-refractivity contribution in [2.24, 2.45) is 0 Å². The Morgan fingerprint density at radius 1 is 1.56 bits per heavy atom. The summed E-state index contributed by atoms with van der Waals surface area (Å²) in [5, 5.41) is 3.61. The van der Waals surface area contributed by atoms with E-state index in [1.807, 2.05) is 6.92 Å². The van der Waals surface area contributed by atoms with Gasteiger partial charge in [-0.25, -0.2) is 0 Å². The summed E-state index contributed by atoms with van der Waals surface area (Å²) < 4.78 is 4.59. The fraction of sp³-hybridized carbons (Fsp3) is 0.400. The lowest BCUT2D eigenvalue weighted by Crippen LogP contribution is -1.92. The summed E-state index contributed by atoms with van der Waals surface area (Å²) >= 11 is 0. The summed E-state index contributed by atoms with van der Waals surface area (Å²) in [4.78, 5) is 0. The van der Waals surface area contributed by atoms with Crippen LogP contribution in [0.1, 0.15) is 12.6 Å². The van der Waals surface area contributed by atoms with Gasteiger partial charge in [0.25, 0.3) is 0 Å².